The minimum Gasteiger partial charge on any atom is -0.0836 e. The Labute approximate surface area is 105 Å². The van der Waals surface area contributed by atoms with E-state index in [1.165, 1.54) is 40.7 Å². The van der Waals surface area contributed by atoms with Crippen LogP contribution in [0.5, 0.6) is 0 Å². The normalized spacial score (nSPS) is 15.2. The van der Waals surface area contributed by atoms with Crippen LogP contribution in [0.15, 0.2) is 30.4 Å². The van der Waals surface area contributed by atoms with Crippen LogP contribution in [-0.2, 0) is 0 Å². The Morgan fingerprint density at radius 2 is 1.65 bits per heavy atom. The number of benzene rings is 1. The lowest BCUT2D eigenvalue weighted by atomic mass is 9.88. The van der Waals surface area contributed by atoms with Crippen LogP contribution in [0.25, 0.3) is 5.57 Å². The molecule has 0 bridgehead atoms. The molecule has 0 aliphatic heterocycles. The molecular weight excluding hydrogens is 204 g/mol. The molecule has 0 saturated carbocycles. The third kappa shape index (κ3) is 2.52. The molecule has 17 heavy (non-hydrogen) atoms. The molecule has 0 heterocycles. The molecule has 1 aromatic carbocycles. The Balaban J connectivity index is 2.45. The van der Waals surface area contributed by atoms with Gasteiger partial charge >= 0.3 is 0 Å². The summed E-state index contributed by atoms with van der Waals surface area (Å²) in [5.74, 6) is 0.611. The summed E-state index contributed by atoms with van der Waals surface area (Å²) >= 11 is 0. The molecule has 1 aromatic rings. The first-order valence-corrected chi connectivity index (χ1v) is 6.58. The zero-order valence-corrected chi connectivity index (χ0v) is 11.4. The summed E-state index contributed by atoms with van der Waals surface area (Å²) < 4.78 is 0. The van der Waals surface area contributed by atoms with E-state index in [4.69, 9.17) is 0 Å². The van der Waals surface area contributed by atoms with Gasteiger partial charge in [0.2, 0.25) is 0 Å². The minimum atomic E-state index is 0.611. The van der Waals surface area contributed by atoms with Crippen LogP contribution in [0.4, 0.5) is 0 Å². The van der Waals surface area contributed by atoms with Gasteiger partial charge in [-0.3, -0.25) is 0 Å². The molecule has 0 nitrogen and oxygen atoms in total. The van der Waals surface area contributed by atoms with Crippen molar-refractivity contribution < 1.29 is 0 Å². The van der Waals surface area contributed by atoms with E-state index in [2.05, 4.69) is 58.1 Å². The second-order valence-electron chi connectivity index (χ2n) is 5.32. The van der Waals surface area contributed by atoms with Gasteiger partial charge in [0.1, 0.15) is 0 Å². The second kappa shape index (κ2) is 4.91. The SMILES string of the molecule is Cc1cc(C2=CCCC=C2)cc(C)c1C(C)C. The molecule has 90 valence electrons. The quantitative estimate of drug-likeness (QED) is 0.653. The van der Waals surface area contributed by atoms with Crippen LogP contribution >= 0.6 is 0 Å². The van der Waals surface area contributed by atoms with E-state index in [-0.39, 0.29) is 0 Å². The number of hydrogen-bond acceptors (Lipinski definition) is 0. The van der Waals surface area contributed by atoms with Crippen molar-refractivity contribution in [3.63, 3.8) is 0 Å². The summed E-state index contributed by atoms with van der Waals surface area (Å²) in [6, 6.07) is 4.67. The highest BCUT2D eigenvalue weighted by atomic mass is 14.2. The summed E-state index contributed by atoms with van der Waals surface area (Å²) in [5.41, 5.74) is 7.12. The largest absolute Gasteiger partial charge is 0.0836 e. The van der Waals surface area contributed by atoms with Gasteiger partial charge in [-0.05, 0) is 60.4 Å². The number of aryl methyl sites for hydroxylation is 2. The van der Waals surface area contributed by atoms with Crippen molar-refractivity contribution in [2.75, 3.05) is 0 Å². The Hall–Kier alpha value is -1.30. The third-order valence-electron chi connectivity index (χ3n) is 3.50. The average Bonchev–Trinajstić information content (AvgIpc) is 2.28. The minimum absolute atomic E-state index is 0.611. The van der Waals surface area contributed by atoms with Gasteiger partial charge in [0.15, 0.2) is 0 Å². The van der Waals surface area contributed by atoms with E-state index in [0.717, 1.165) is 0 Å². The van der Waals surface area contributed by atoms with Crippen molar-refractivity contribution in [2.45, 2.75) is 46.5 Å². The Morgan fingerprint density at radius 3 is 2.12 bits per heavy atom. The lowest BCUT2D eigenvalue weighted by Crippen LogP contribution is -1.98. The molecule has 0 spiro atoms. The molecular formula is C17H22. The summed E-state index contributed by atoms with van der Waals surface area (Å²) in [7, 11) is 0. The molecule has 0 heteroatoms. The Bertz CT molecular complexity index is 450. The zero-order valence-electron chi connectivity index (χ0n) is 11.4. The number of hydrogen-bond donors (Lipinski definition) is 0. The van der Waals surface area contributed by atoms with Crippen molar-refractivity contribution in [3.8, 4) is 0 Å². The molecule has 2 rings (SSSR count). The van der Waals surface area contributed by atoms with Crippen molar-refractivity contribution in [1.82, 2.24) is 0 Å². The van der Waals surface area contributed by atoms with E-state index in [0.29, 0.717) is 5.92 Å². The predicted octanol–water partition coefficient (Wildman–Crippen LogP) is 5.16. The topological polar surface area (TPSA) is 0 Å². The van der Waals surface area contributed by atoms with E-state index in [9.17, 15) is 0 Å². The first-order valence-electron chi connectivity index (χ1n) is 6.58. The maximum absolute atomic E-state index is 2.35. The van der Waals surface area contributed by atoms with E-state index in [1.807, 2.05) is 0 Å². The lowest BCUT2D eigenvalue weighted by molar-refractivity contribution is 0.846. The predicted molar refractivity (Wildman–Crippen MR) is 76.4 cm³/mol. The molecule has 0 N–H and O–H groups in total. The highest BCUT2D eigenvalue weighted by Gasteiger charge is 2.10. The van der Waals surface area contributed by atoms with Gasteiger partial charge in [0.25, 0.3) is 0 Å². The first kappa shape index (κ1) is 12.2. The van der Waals surface area contributed by atoms with E-state index in [1.54, 1.807) is 0 Å². The summed E-state index contributed by atoms with van der Waals surface area (Å²) in [6.45, 7) is 9.02. The van der Waals surface area contributed by atoms with Crippen LogP contribution in [0, 0.1) is 13.8 Å². The standard InChI is InChI=1S/C17H22/c1-12(2)17-13(3)10-16(11-14(17)4)15-8-6-5-7-9-15/h6,8-12H,5,7H2,1-4H3. The molecule has 0 saturated heterocycles. The van der Waals surface area contributed by atoms with Crippen LogP contribution < -0.4 is 0 Å². The van der Waals surface area contributed by atoms with E-state index >= 15 is 0 Å². The fourth-order valence-corrected chi connectivity index (χ4v) is 2.88. The molecule has 0 unspecified atom stereocenters. The Kier molecular flexibility index (Phi) is 3.51. The van der Waals surface area contributed by atoms with Crippen molar-refractivity contribution in [3.05, 3.63) is 52.6 Å². The molecule has 0 atom stereocenters. The van der Waals surface area contributed by atoms with Crippen LogP contribution in [0.2, 0.25) is 0 Å². The fraction of sp³-hybridized carbons (Fsp3) is 0.412. The monoisotopic (exact) mass is 226 g/mol. The maximum Gasteiger partial charge on any atom is -0.0182 e. The molecule has 0 fully saturated rings. The molecule has 0 radical (unpaired) electrons. The molecule has 1 aliphatic carbocycles. The van der Waals surface area contributed by atoms with Gasteiger partial charge in [0, 0.05) is 0 Å². The van der Waals surface area contributed by atoms with Crippen molar-refractivity contribution in [2.24, 2.45) is 0 Å². The summed E-state index contributed by atoms with van der Waals surface area (Å²) in [4.78, 5) is 0. The molecule has 0 amide bonds. The summed E-state index contributed by atoms with van der Waals surface area (Å²) in [5, 5.41) is 0. The van der Waals surface area contributed by atoms with Crippen LogP contribution in [0.1, 0.15) is 54.9 Å². The van der Waals surface area contributed by atoms with Crippen molar-refractivity contribution in [1.29, 1.82) is 0 Å². The van der Waals surface area contributed by atoms with Crippen LogP contribution in [0.3, 0.4) is 0 Å². The lowest BCUT2D eigenvalue weighted by Gasteiger charge is -2.17. The van der Waals surface area contributed by atoms with Gasteiger partial charge in [-0.15, -0.1) is 0 Å². The highest BCUT2D eigenvalue weighted by Crippen LogP contribution is 2.29. The fourth-order valence-electron chi connectivity index (χ4n) is 2.88. The van der Waals surface area contributed by atoms with Gasteiger partial charge < -0.3 is 0 Å². The van der Waals surface area contributed by atoms with Gasteiger partial charge in [-0.1, -0.05) is 44.2 Å². The number of rotatable bonds is 2. The zero-order chi connectivity index (χ0) is 12.4. The third-order valence-corrected chi connectivity index (χ3v) is 3.50. The average molecular weight is 226 g/mol. The first-order chi connectivity index (χ1) is 8.09. The molecule has 0 aromatic heterocycles. The van der Waals surface area contributed by atoms with Gasteiger partial charge in [-0.2, -0.15) is 0 Å². The number of allylic oxidation sites excluding steroid dienone is 4. The van der Waals surface area contributed by atoms with Crippen molar-refractivity contribution >= 4 is 5.57 Å². The molecule has 1 aliphatic rings. The highest BCUT2D eigenvalue weighted by molar-refractivity contribution is 5.76. The maximum atomic E-state index is 2.35. The van der Waals surface area contributed by atoms with Gasteiger partial charge in [0.05, 0.1) is 0 Å². The van der Waals surface area contributed by atoms with Crippen LogP contribution in [-0.4, -0.2) is 0 Å². The Morgan fingerprint density at radius 1 is 1.00 bits per heavy atom. The smallest absolute Gasteiger partial charge is 0.0182 e. The van der Waals surface area contributed by atoms with E-state index < -0.39 is 0 Å². The summed E-state index contributed by atoms with van der Waals surface area (Å²) in [6.07, 6.45) is 9.24. The van der Waals surface area contributed by atoms with Gasteiger partial charge in [-0.25, -0.2) is 0 Å². The second-order valence-corrected chi connectivity index (χ2v) is 5.32.